The highest BCUT2D eigenvalue weighted by Gasteiger charge is 2.06. The second-order valence-electron chi connectivity index (χ2n) is 4.41. The van der Waals surface area contributed by atoms with Gasteiger partial charge in [-0.05, 0) is 37.3 Å². The summed E-state index contributed by atoms with van der Waals surface area (Å²) in [5.74, 6) is -0.224. The molecule has 3 heteroatoms. The van der Waals surface area contributed by atoms with E-state index < -0.39 is 0 Å². The van der Waals surface area contributed by atoms with E-state index in [1.807, 2.05) is 11.4 Å². The minimum Gasteiger partial charge on any atom is -0.236 e. The predicted octanol–water partition coefficient (Wildman–Crippen LogP) is 4.92. The summed E-state index contributed by atoms with van der Waals surface area (Å²) in [6.07, 6.45) is 0. The van der Waals surface area contributed by atoms with Gasteiger partial charge in [0.05, 0.1) is 5.69 Å². The zero-order chi connectivity index (χ0) is 13.2. The molecule has 0 radical (unpaired) electrons. The number of rotatable bonds is 2. The highest BCUT2D eigenvalue weighted by atomic mass is 32.1. The van der Waals surface area contributed by atoms with Crippen LogP contribution in [0.3, 0.4) is 0 Å². The van der Waals surface area contributed by atoms with E-state index in [1.54, 1.807) is 23.5 Å². The van der Waals surface area contributed by atoms with Gasteiger partial charge in [0.2, 0.25) is 0 Å². The Bertz CT molecular complexity index is 701. The van der Waals surface area contributed by atoms with E-state index in [0.29, 0.717) is 0 Å². The minimum absolute atomic E-state index is 0.224. The SMILES string of the molecule is Cc1cccc(-c2nc(-c3ccc(F)cc3)cs2)c1. The van der Waals surface area contributed by atoms with Gasteiger partial charge in [-0.15, -0.1) is 11.3 Å². The summed E-state index contributed by atoms with van der Waals surface area (Å²) >= 11 is 1.61. The highest BCUT2D eigenvalue weighted by molar-refractivity contribution is 7.13. The van der Waals surface area contributed by atoms with Gasteiger partial charge in [-0.25, -0.2) is 9.37 Å². The number of aryl methyl sites for hydroxylation is 1. The molecule has 94 valence electrons. The third-order valence-corrected chi connectivity index (χ3v) is 3.80. The number of hydrogen-bond donors (Lipinski definition) is 0. The molecule has 0 aliphatic rings. The second-order valence-corrected chi connectivity index (χ2v) is 5.27. The topological polar surface area (TPSA) is 12.9 Å². The van der Waals surface area contributed by atoms with Gasteiger partial charge in [0.15, 0.2) is 0 Å². The predicted molar refractivity (Wildman–Crippen MR) is 77.7 cm³/mol. The Kier molecular flexibility index (Phi) is 3.13. The van der Waals surface area contributed by atoms with Gasteiger partial charge >= 0.3 is 0 Å². The van der Waals surface area contributed by atoms with E-state index in [-0.39, 0.29) is 5.82 Å². The lowest BCUT2D eigenvalue weighted by Crippen LogP contribution is -1.81. The lowest BCUT2D eigenvalue weighted by molar-refractivity contribution is 0.628. The Morgan fingerprint density at radius 1 is 1.00 bits per heavy atom. The summed E-state index contributed by atoms with van der Waals surface area (Å²) in [6, 6.07) is 14.7. The number of benzene rings is 2. The summed E-state index contributed by atoms with van der Waals surface area (Å²) in [7, 11) is 0. The smallest absolute Gasteiger partial charge is 0.124 e. The van der Waals surface area contributed by atoms with Crippen molar-refractivity contribution in [3.8, 4) is 21.8 Å². The van der Waals surface area contributed by atoms with Gasteiger partial charge in [-0.2, -0.15) is 0 Å². The number of hydrogen-bond acceptors (Lipinski definition) is 2. The number of halogens is 1. The van der Waals surface area contributed by atoms with E-state index in [2.05, 4.69) is 30.1 Å². The van der Waals surface area contributed by atoms with Gasteiger partial charge < -0.3 is 0 Å². The van der Waals surface area contributed by atoms with Crippen molar-refractivity contribution in [2.24, 2.45) is 0 Å². The van der Waals surface area contributed by atoms with Crippen LogP contribution in [-0.2, 0) is 0 Å². The fraction of sp³-hybridized carbons (Fsp3) is 0.0625. The molecule has 0 bridgehead atoms. The van der Waals surface area contributed by atoms with E-state index in [9.17, 15) is 4.39 Å². The summed E-state index contributed by atoms with van der Waals surface area (Å²) in [4.78, 5) is 4.62. The number of aromatic nitrogens is 1. The molecular formula is C16H12FNS. The van der Waals surface area contributed by atoms with Gasteiger partial charge in [-0.1, -0.05) is 23.8 Å². The fourth-order valence-corrected chi connectivity index (χ4v) is 2.76. The van der Waals surface area contributed by atoms with Gasteiger partial charge in [0.25, 0.3) is 0 Å². The van der Waals surface area contributed by atoms with Crippen LogP contribution in [0.5, 0.6) is 0 Å². The van der Waals surface area contributed by atoms with Crippen LogP contribution in [0, 0.1) is 12.7 Å². The molecule has 0 saturated heterocycles. The standard InChI is InChI=1S/C16H12FNS/c1-11-3-2-4-13(9-11)16-18-15(10-19-16)12-5-7-14(17)8-6-12/h2-10H,1H3. The largest absolute Gasteiger partial charge is 0.236 e. The Morgan fingerprint density at radius 3 is 2.53 bits per heavy atom. The zero-order valence-corrected chi connectivity index (χ0v) is 11.2. The molecule has 0 atom stereocenters. The second kappa shape index (κ2) is 4.94. The quantitative estimate of drug-likeness (QED) is 0.643. The molecule has 1 aromatic heterocycles. The molecule has 0 spiro atoms. The molecule has 0 saturated carbocycles. The van der Waals surface area contributed by atoms with Crippen LogP contribution in [0.25, 0.3) is 21.8 Å². The van der Waals surface area contributed by atoms with E-state index in [1.165, 1.54) is 17.7 Å². The van der Waals surface area contributed by atoms with Crippen molar-refractivity contribution < 1.29 is 4.39 Å². The van der Waals surface area contributed by atoms with Gasteiger partial charge in [-0.3, -0.25) is 0 Å². The molecule has 0 N–H and O–H groups in total. The first-order chi connectivity index (χ1) is 9.22. The maximum absolute atomic E-state index is 12.9. The molecule has 0 aliphatic heterocycles. The van der Waals surface area contributed by atoms with Crippen molar-refractivity contribution in [1.82, 2.24) is 4.98 Å². The lowest BCUT2D eigenvalue weighted by Gasteiger charge is -1.98. The van der Waals surface area contributed by atoms with Crippen LogP contribution in [0.4, 0.5) is 4.39 Å². The van der Waals surface area contributed by atoms with E-state index in [0.717, 1.165) is 21.8 Å². The van der Waals surface area contributed by atoms with Crippen LogP contribution >= 0.6 is 11.3 Å². The maximum Gasteiger partial charge on any atom is 0.124 e. The van der Waals surface area contributed by atoms with Crippen LogP contribution in [0.1, 0.15) is 5.56 Å². The highest BCUT2D eigenvalue weighted by Crippen LogP contribution is 2.29. The molecule has 3 aromatic rings. The van der Waals surface area contributed by atoms with Crippen LogP contribution < -0.4 is 0 Å². The van der Waals surface area contributed by atoms with Crippen molar-refractivity contribution >= 4 is 11.3 Å². The molecule has 0 aliphatic carbocycles. The zero-order valence-electron chi connectivity index (χ0n) is 10.4. The summed E-state index contributed by atoms with van der Waals surface area (Å²) in [5, 5.41) is 2.99. The van der Waals surface area contributed by atoms with Crippen LogP contribution in [0.2, 0.25) is 0 Å². The average molecular weight is 269 g/mol. The van der Waals surface area contributed by atoms with E-state index in [4.69, 9.17) is 0 Å². The van der Waals surface area contributed by atoms with E-state index >= 15 is 0 Å². The molecule has 19 heavy (non-hydrogen) atoms. The number of thiazole rings is 1. The molecule has 0 amide bonds. The third-order valence-electron chi connectivity index (χ3n) is 2.91. The van der Waals surface area contributed by atoms with Crippen molar-refractivity contribution in [2.45, 2.75) is 6.92 Å². The summed E-state index contributed by atoms with van der Waals surface area (Å²) in [5.41, 5.74) is 4.17. The summed E-state index contributed by atoms with van der Waals surface area (Å²) in [6.45, 7) is 2.07. The maximum atomic E-state index is 12.9. The molecule has 0 fully saturated rings. The van der Waals surface area contributed by atoms with Crippen molar-refractivity contribution in [2.75, 3.05) is 0 Å². The Morgan fingerprint density at radius 2 is 1.79 bits per heavy atom. The molecule has 1 nitrogen and oxygen atoms in total. The normalized spacial score (nSPS) is 10.6. The van der Waals surface area contributed by atoms with Crippen molar-refractivity contribution in [1.29, 1.82) is 0 Å². The van der Waals surface area contributed by atoms with Crippen LogP contribution in [-0.4, -0.2) is 4.98 Å². The molecule has 1 heterocycles. The molecule has 3 rings (SSSR count). The molecular weight excluding hydrogens is 257 g/mol. The first-order valence-electron chi connectivity index (χ1n) is 6.01. The Balaban J connectivity index is 1.97. The minimum atomic E-state index is -0.224. The van der Waals surface area contributed by atoms with Crippen molar-refractivity contribution in [3.05, 3.63) is 65.3 Å². The summed E-state index contributed by atoms with van der Waals surface area (Å²) < 4.78 is 12.9. The van der Waals surface area contributed by atoms with Crippen molar-refractivity contribution in [3.63, 3.8) is 0 Å². The van der Waals surface area contributed by atoms with Gasteiger partial charge in [0.1, 0.15) is 10.8 Å². The Hall–Kier alpha value is -2.00. The first kappa shape index (κ1) is 12.1. The van der Waals surface area contributed by atoms with Crippen LogP contribution in [0.15, 0.2) is 53.9 Å². The fourth-order valence-electron chi connectivity index (χ4n) is 1.94. The lowest BCUT2D eigenvalue weighted by atomic mass is 10.1. The first-order valence-corrected chi connectivity index (χ1v) is 6.89. The number of nitrogens with zero attached hydrogens (tertiary/aromatic N) is 1. The Labute approximate surface area is 115 Å². The molecule has 2 aromatic carbocycles. The molecule has 0 unspecified atom stereocenters. The monoisotopic (exact) mass is 269 g/mol. The average Bonchev–Trinajstić information content (AvgIpc) is 2.89. The third kappa shape index (κ3) is 2.56. The van der Waals surface area contributed by atoms with Gasteiger partial charge in [0, 0.05) is 16.5 Å².